The third kappa shape index (κ3) is 4.24. The Hall–Kier alpha value is -2.71. The Labute approximate surface area is 213 Å². The van der Waals surface area contributed by atoms with Crippen molar-refractivity contribution in [1.29, 1.82) is 0 Å². The number of ether oxygens (including phenoxy) is 2. The van der Waals surface area contributed by atoms with Crippen molar-refractivity contribution in [1.82, 2.24) is 4.90 Å². The van der Waals surface area contributed by atoms with E-state index in [1.807, 2.05) is 32.0 Å². The number of hydrogen-bond acceptors (Lipinski definition) is 6. The molecule has 3 aliphatic rings. The molecule has 2 amide bonds. The first-order valence-electron chi connectivity index (χ1n) is 13.1. The quantitative estimate of drug-likeness (QED) is 0.286. The molecule has 0 aromatic heterocycles. The van der Waals surface area contributed by atoms with Crippen molar-refractivity contribution >= 4 is 23.5 Å². The van der Waals surface area contributed by atoms with E-state index < -0.39 is 35.6 Å². The maximum Gasteiger partial charge on any atom is 0.312 e. The highest BCUT2D eigenvalue weighted by Gasteiger charge is 2.75. The number of amides is 2. The Morgan fingerprint density at radius 1 is 1.28 bits per heavy atom. The molecule has 0 saturated carbocycles. The number of benzene rings is 1. The highest BCUT2D eigenvalue weighted by molar-refractivity contribution is 6.05. The van der Waals surface area contributed by atoms with Crippen molar-refractivity contribution in [3.8, 4) is 0 Å². The number of fused-ring (bicyclic) bond motifs is 1. The molecule has 3 saturated heterocycles. The standard InChI is InChI=1S/C28H38N2O6/c1-5-15-29(23-18(3)11-10-12-19(23)4)26(33)24-28-14-13-20(36-28)21(27(34)35-6-2)22(28)25(32)30(24)16-8-7-9-17-31/h5,10-12,20-22,24,31H,1,6-9,13-17H2,2-4H3/t20-,21+,22-,24?,28?/m0/s1. The number of para-hydroxylation sites is 1. The number of unbranched alkanes of at least 4 members (excludes halogenated alkanes) is 2. The summed E-state index contributed by atoms with van der Waals surface area (Å²) < 4.78 is 11.8. The molecule has 196 valence electrons. The van der Waals surface area contributed by atoms with Crippen LogP contribution >= 0.6 is 0 Å². The minimum atomic E-state index is -1.05. The number of hydrogen-bond donors (Lipinski definition) is 1. The zero-order valence-corrected chi connectivity index (χ0v) is 21.6. The van der Waals surface area contributed by atoms with Crippen molar-refractivity contribution in [2.24, 2.45) is 11.8 Å². The van der Waals surface area contributed by atoms with Gasteiger partial charge in [0.1, 0.15) is 11.6 Å². The van der Waals surface area contributed by atoms with Gasteiger partial charge in [-0.25, -0.2) is 0 Å². The van der Waals surface area contributed by atoms with Gasteiger partial charge in [-0.15, -0.1) is 6.58 Å². The van der Waals surface area contributed by atoms with Crippen molar-refractivity contribution in [2.45, 2.75) is 70.6 Å². The van der Waals surface area contributed by atoms with E-state index in [4.69, 9.17) is 9.47 Å². The number of carbonyl (C=O) groups excluding carboxylic acids is 3. The van der Waals surface area contributed by atoms with Gasteiger partial charge in [0, 0.05) is 25.4 Å². The number of nitrogens with zero attached hydrogens (tertiary/aromatic N) is 2. The van der Waals surface area contributed by atoms with Gasteiger partial charge in [0.25, 0.3) is 5.91 Å². The molecule has 1 spiro atoms. The van der Waals surface area contributed by atoms with Gasteiger partial charge >= 0.3 is 5.97 Å². The molecule has 1 aromatic carbocycles. The highest BCUT2D eigenvalue weighted by atomic mass is 16.6. The Morgan fingerprint density at radius 3 is 2.64 bits per heavy atom. The number of esters is 1. The van der Waals surface area contributed by atoms with Crippen LogP contribution in [0.3, 0.4) is 0 Å². The number of rotatable bonds is 11. The van der Waals surface area contributed by atoms with Crippen LogP contribution < -0.4 is 4.90 Å². The fourth-order valence-electron chi connectivity index (χ4n) is 6.55. The third-order valence-electron chi connectivity index (χ3n) is 7.94. The van der Waals surface area contributed by atoms with E-state index in [-0.39, 0.29) is 25.0 Å². The molecule has 1 aromatic rings. The number of aliphatic hydroxyl groups is 1. The zero-order chi connectivity index (χ0) is 26.0. The first-order valence-corrected chi connectivity index (χ1v) is 13.1. The second-order valence-electron chi connectivity index (χ2n) is 10.1. The average molecular weight is 499 g/mol. The molecule has 1 N–H and O–H groups in total. The van der Waals surface area contributed by atoms with Crippen LogP contribution in [-0.4, -0.2) is 71.8 Å². The van der Waals surface area contributed by atoms with Crippen LogP contribution in [0.15, 0.2) is 30.9 Å². The van der Waals surface area contributed by atoms with E-state index in [1.54, 1.807) is 22.8 Å². The SMILES string of the molecule is C=CCN(C(=O)C1N(CCCCCO)C(=O)[C@@H]2[C@H](C(=O)OCC)[C@@H]3CCC12O3)c1c(C)cccc1C. The Kier molecular flexibility index (Phi) is 7.85. The average Bonchev–Trinajstić information content (AvgIpc) is 3.48. The summed E-state index contributed by atoms with van der Waals surface area (Å²) in [6.07, 6.45) is 4.44. The molecular weight excluding hydrogens is 460 g/mol. The van der Waals surface area contributed by atoms with Gasteiger partial charge in [0.05, 0.1) is 24.5 Å². The summed E-state index contributed by atoms with van der Waals surface area (Å²) in [5, 5.41) is 9.20. The van der Waals surface area contributed by atoms with E-state index in [0.29, 0.717) is 38.8 Å². The fourth-order valence-corrected chi connectivity index (χ4v) is 6.55. The van der Waals surface area contributed by atoms with Crippen LogP contribution in [0.25, 0.3) is 0 Å². The molecule has 3 heterocycles. The van der Waals surface area contributed by atoms with E-state index in [1.165, 1.54) is 0 Å². The van der Waals surface area contributed by atoms with Crippen LogP contribution in [-0.2, 0) is 23.9 Å². The molecular formula is C28H38N2O6. The lowest BCUT2D eigenvalue weighted by molar-refractivity contribution is -0.154. The van der Waals surface area contributed by atoms with Gasteiger partial charge in [-0.1, -0.05) is 24.3 Å². The molecule has 36 heavy (non-hydrogen) atoms. The minimum absolute atomic E-state index is 0.0816. The maximum atomic E-state index is 14.5. The molecule has 2 unspecified atom stereocenters. The summed E-state index contributed by atoms with van der Waals surface area (Å²) in [5.74, 6) is -2.27. The van der Waals surface area contributed by atoms with Gasteiger partial charge in [-0.3, -0.25) is 14.4 Å². The summed E-state index contributed by atoms with van der Waals surface area (Å²) >= 11 is 0. The van der Waals surface area contributed by atoms with E-state index in [0.717, 1.165) is 23.2 Å². The molecule has 5 atom stereocenters. The van der Waals surface area contributed by atoms with Crippen LogP contribution in [0.5, 0.6) is 0 Å². The summed E-state index contributed by atoms with van der Waals surface area (Å²) in [4.78, 5) is 44.7. The first-order chi connectivity index (χ1) is 17.3. The fraction of sp³-hybridized carbons (Fsp3) is 0.607. The normalized spacial score (nSPS) is 28.3. The van der Waals surface area contributed by atoms with Crippen molar-refractivity contribution in [2.75, 3.05) is 31.2 Å². The Balaban J connectivity index is 1.76. The lowest BCUT2D eigenvalue weighted by atomic mass is 9.70. The minimum Gasteiger partial charge on any atom is -0.466 e. The molecule has 3 fully saturated rings. The number of aryl methyl sites for hydroxylation is 2. The molecule has 0 aliphatic carbocycles. The monoisotopic (exact) mass is 498 g/mol. The predicted molar refractivity (Wildman–Crippen MR) is 135 cm³/mol. The highest BCUT2D eigenvalue weighted by Crippen LogP contribution is 2.59. The van der Waals surface area contributed by atoms with Gasteiger partial charge < -0.3 is 24.4 Å². The lowest BCUT2D eigenvalue weighted by Crippen LogP contribution is -2.56. The molecule has 3 aliphatic heterocycles. The maximum absolute atomic E-state index is 14.5. The van der Waals surface area contributed by atoms with Gasteiger partial charge in [-0.2, -0.15) is 0 Å². The van der Waals surface area contributed by atoms with Crippen molar-refractivity contribution in [3.05, 3.63) is 42.0 Å². The van der Waals surface area contributed by atoms with Crippen molar-refractivity contribution in [3.63, 3.8) is 0 Å². The predicted octanol–water partition coefficient (Wildman–Crippen LogP) is 2.92. The summed E-state index contributed by atoms with van der Waals surface area (Å²) in [6, 6.07) is 5.05. The Morgan fingerprint density at radius 2 is 2.00 bits per heavy atom. The Bertz CT molecular complexity index is 1010. The topological polar surface area (TPSA) is 96.4 Å². The van der Waals surface area contributed by atoms with E-state index in [2.05, 4.69) is 6.58 Å². The van der Waals surface area contributed by atoms with Crippen LogP contribution in [0.1, 0.15) is 50.2 Å². The molecule has 8 nitrogen and oxygen atoms in total. The molecule has 8 heteroatoms. The second kappa shape index (κ2) is 10.7. The first kappa shape index (κ1) is 26.4. The lowest BCUT2D eigenvalue weighted by Gasteiger charge is -2.37. The molecule has 4 rings (SSSR count). The van der Waals surface area contributed by atoms with Gasteiger partial charge in [0.15, 0.2) is 0 Å². The van der Waals surface area contributed by atoms with Crippen molar-refractivity contribution < 1.29 is 29.0 Å². The second-order valence-corrected chi connectivity index (χ2v) is 10.1. The van der Waals surface area contributed by atoms with E-state index in [9.17, 15) is 19.5 Å². The summed E-state index contributed by atoms with van der Waals surface area (Å²) in [5.41, 5.74) is 1.67. The van der Waals surface area contributed by atoms with Crippen LogP contribution in [0.2, 0.25) is 0 Å². The van der Waals surface area contributed by atoms with Crippen LogP contribution in [0, 0.1) is 25.7 Å². The smallest absolute Gasteiger partial charge is 0.312 e. The zero-order valence-electron chi connectivity index (χ0n) is 21.6. The van der Waals surface area contributed by atoms with Gasteiger partial charge in [0.2, 0.25) is 5.91 Å². The van der Waals surface area contributed by atoms with E-state index >= 15 is 0 Å². The number of aliphatic hydroxyl groups excluding tert-OH is 1. The summed E-state index contributed by atoms with van der Waals surface area (Å²) in [6.45, 7) is 10.5. The number of carbonyl (C=O) groups is 3. The summed E-state index contributed by atoms with van der Waals surface area (Å²) in [7, 11) is 0. The largest absolute Gasteiger partial charge is 0.466 e. The van der Waals surface area contributed by atoms with Crippen LogP contribution in [0.4, 0.5) is 5.69 Å². The molecule has 0 radical (unpaired) electrons. The molecule has 2 bridgehead atoms. The number of likely N-dealkylation sites (tertiary alicyclic amines) is 1. The van der Waals surface area contributed by atoms with Gasteiger partial charge in [-0.05, 0) is 64.0 Å². The third-order valence-corrected chi connectivity index (χ3v) is 7.94. The number of anilines is 1.